The first-order valence-electron chi connectivity index (χ1n) is 12.0. The Labute approximate surface area is 230 Å². The molecule has 208 valence electrons. The number of aromatic nitrogens is 1. The van der Waals surface area contributed by atoms with Crippen molar-refractivity contribution in [1.29, 1.82) is 0 Å². The van der Waals surface area contributed by atoms with Crippen LogP contribution < -0.4 is 9.04 Å². The highest BCUT2D eigenvalue weighted by molar-refractivity contribution is 7.92. The Kier molecular flexibility index (Phi) is 8.43. The summed E-state index contributed by atoms with van der Waals surface area (Å²) in [6.45, 7) is -0.264. The molecule has 1 saturated carbocycles. The van der Waals surface area contributed by atoms with Crippen LogP contribution in [0, 0.1) is 11.8 Å². The summed E-state index contributed by atoms with van der Waals surface area (Å²) in [6, 6.07) is 12.3. The normalized spacial score (nSPS) is 19.1. The molecule has 0 spiro atoms. The Hall–Kier alpha value is -3.28. The molecule has 3 aromatic rings. The number of halogens is 3. The third-order valence-corrected chi connectivity index (χ3v) is 9.01. The number of carbonyl (C=O) groups excluding carboxylic acids is 1. The molecule has 0 bridgehead atoms. The summed E-state index contributed by atoms with van der Waals surface area (Å²) < 4.78 is 73.5. The third kappa shape index (κ3) is 5.70. The second-order valence-corrected chi connectivity index (χ2v) is 11.4. The maximum atomic E-state index is 15.6. The first kappa shape index (κ1) is 28.7. The number of hydrogen-bond acceptors (Lipinski definition) is 7. The van der Waals surface area contributed by atoms with Gasteiger partial charge < -0.3 is 14.2 Å². The first-order valence-corrected chi connectivity index (χ1v) is 13.8. The first-order chi connectivity index (χ1) is 18.5. The van der Waals surface area contributed by atoms with Crippen LogP contribution in [-0.4, -0.2) is 46.3 Å². The summed E-state index contributed by atoms with van der Waals surface area (Å²) in [6.07, 6.45) is 0.975. The van der Waals surface area contributed by atoms with Gasteiger partial charge >= 0.3 is 5.97 Å². The van der Waals surface area contributed by atoms with E-state index in [0.29, 0.717) is 29.7 Å². The predicted octanol–water partition coefficient (Wildman–Crippen LogP) is 5.24. The van der Waals surface area contributed by atoms with E-state index in [-0.39, 0.29) is 29.7 Å². The van der Waals surface area contributed by atoms with E-state index in [1.54, 1.807) is 24.3 Å². The molecule has 1 aliphatic rings. The molecule has 0 radical (unpaired) electrons. The van der Waals surface area contributed by atoms with Gasteiger partial charge in [-0.15, -0.1) is 0 Å². The number of pyridine rings is 1. The average molecular weight is 581 g/mol. The predicted molar refractivity (Wildman–Crippen MR) is 140 cm³/mol. The molecule has 39 heavy (non-hydrogen) atoms. The zero-order valence-electron chi connectivity index (χ0n) is 21.5. The highest BCUT2D eigenvalue weighted by Gasteiger charge is 2.47. The molecule has 2 aromatic carbocycles. The summed E-state index contributed by atoms with van der Waals surface area (Å²) in [4.78, 5) is 15.3. The molecule has 8 nitrogen and oxygen atoms in total. The lowest BCUT2D eigenvalue weighted by Crippen LogP contribution is -2.39. The van der Waals surface area contributed by atoms with Crippen LogP contribution in [0.5, 0.6) is 5.75 Å². The largest absolute Gasteiger partial charge is 0.497 e. The Morgan fingerprint density at radius 3 is 2.46 bits per heavy atom. The van der Waals surface area contributed by atoms with Crippen molar-refractivity contribution in [3.63, 3.8) is 0 Å². The van der Waals surface area contributed by atoms with Crippen molar-refractivity contribution in [2.45, 2.75) is 42.2 Å². The second kappa shape index (κ2) is 11.4. The maximum absolute atomic E-state index is 15.6. The number of carbonyl (C=O) groups is 1. The molecule has 0 saturated heterocycles. The van der Waals surface area contributed by atoms with Gasteiger partial charge in [-0.2, -0.15) is 4.39 Å². The van der Waals surface area contributed by atoms with Crippen molar-refractivity contribution >= 4 is 33.4 Å². The summed E-state index contributed by atoms with van der Waals surface area (Å²) in [5, 5.41) is 0.00772. The quantitative estimate of drug-likeness (QED) is 0.252. The van der Waals surface area contributed by atoms with E-state index in [1.165, 1.54) is 33.5 Å². The standard InChI is InChI=1S/C27H27ClF2N2O6S/c1-36-19-9-7-17(8-10-19)16-32(25-6-4-5-24(30)31-25)39(34,35)23-14-21(28)20(13-22(23)29)18-11-12-27(15-18,38-3)26(33)37-2/h4-10,13-14,18H,11-12,15-16H2,1-3H3. The number of methoxy groups -OCH3 is 3. The van der Waals surface area contributed by atoms with E-state index in [1.807, 2.05) is 0 Å². The lowest BCUT2D eigenvalue weighted by atomic mass is 9.94. The molecule has 0 N–H and O–H groups in total. The van der Waals surface area contributed by atoms with Crippen LogP contribution in [0.4, 0.5) is 14.6 Å². The summed E-state index contributed by atoms with van der Waals surface area (Å²) in [5.74, 6) is -2.53. The lowest BCUT2D eigenvalue weighted by Gasteiger charge is -2.25. The van der Waals surface area contributed by atoms with Gasteiger partial charge in [0.05, 0.1) is 20.8 Å². The SMILES string of the molecule is COC(=O)C1(OC)CCC(c2cc(F)c(S(=O)(=O)N(Cc3ccc(OC)cc3)c3cccc(F)n3)cc2Cl)C1. The molecule has 1 aliphatic carbocycles. The highest BCUT2D eigenvalue weighted by Crippen LogP contribution is 2.46. The number of hydrogen-bond donors (Lipinski definition) is 0. The molecular weight excluding hydrogens is 554 g/mol. The molecule has 1 heterocycles. The van der Waals surface area contributed by atoms with Crippen LogP contribution in [0.1, 0.15) is 36.3 Å². The fraction of sp³-hybridized carbons (Fsp3) is 0.333. The van der Waals surface area contributed by atoms with Crippen LogP contribution >= 0.6 is 11.6 Å². The number of ether oxygens (including phenoxy) is 3. The minimum atomic E-state index is -4.61. The van der Waals surface area contributed by atoms with Gasteiger partial charge in [0.15, 0.2) is 5.60 Å². The van der Waals surface area contributed by atoms with Crippen molar-refractivity contribution in [1.82, 2.24) is 4.98 Å². The minimum Gasteiger partial charge on any atom is -0.497 e. The average Bonchev–Trinajstić information content (AvgIpc) is 3.38. The molecule has 0 aliphatic heterocycles. The van der Waals surface area contributed by atoms with Gasteiger partial charge in [0.2, 0.25) is 5.95 Å². The number of esters is 1. The number of nitrogens with zero attached hydrogens (tertiary/aromatic N) is 2. The zero-order chi connectivity index (χ0) is 28.4. The minimum absolute atomic E-state index is 0.00772. The van der Waals surface area contributed by atoms with Crippen LogP contribution in [0.2, 0.25) is 5.02 Å². The zero-order valence-corrected chi connectivity index (χ0v) is 23.1. The van der Waals surface area contributed by atoms with Gasteiger partial charge in [-0.25, -0.2) is 26.9 Å². The molecule has 1 fully saturated rings. The Bertz CT molecular complexity index is 1470. The van der Waals surface area contributed by atoms with Crippen LogP contribution in [-0.2, 0) is 30.8 Å². The van der Waals surface area contributed by atoms with Crippen molar-refractivity contribution < 1.29 is 36.2 Å². The van der Waals surface area contributed by atoms with E-state index < -0.39 is 38.3 Å². The van der Waals surface area contributed by atoms with Gasteiger partial charge in [-0.05, 0) is 72.7 Å². The summed E-state index contributed by atoms with van der Waals surface area (Å²) >= 11 is 6.51. The Balaban J connectivity index is 1.72. The van der Waals surface area contributed by atoms with Gasteiger partial charge in [0.25, 0.3) is 10.0 Å². The molecule has 4 rings (SSSR count). The van der Waals surface area contributed by atoms with E-state index >= 15 is 4.39 Å². The van der Waals surface area contributed by atoms with Crippen molar-refractivity contribution in [2.75, 3.05) is 25.6 Å². The maximum Gasteiger partial charge on any atom is 0.338 e. The van der Waals surface area contributed by atoms with Gasteiger partial charge in [0, 0.05) is 12.1 Å². The van der Waals surface area contributed by atoms with E-state index in [4.69, 9.17) is 25.8 Å². The van der Waals surface area contributed by atoms with E-state index in [2.05, 4.69) is 4.98 Å². The molecule has 12 heteroatoms. The number of rotatable bonds is 9. The highest BCUT2D eigenvalue weighted by atomic mass is 35.5. The van der Waals surface area contributed by atoms with Crippen molar-refractivity contribution in [3.05, 3.63) is 82.5 Å². The van der Waals surface area contributed by atoms with Crippen molar-refractivity contribution in [3.8, 4) is 5.75 Å². The van der Waals surface area contributed by atoms with Crippen LogP contribution in [0.25, 0.3) is 0 Å². The Morgan fingerprint density at radius 2 is 1.85 bits per heavy atom. The smallest absolute Gasteiger partial charge is 0.338 e. The van der Waals surface area contributed by atoms with Gasteiger partial charge in [-0.1, -0.05) is 29.8 Å². The molecular formula is C27H27ClF2N2O6S. The summed E-state index contributed by atoms with van der Waals surface area (Å²) in [5.41, 5.74) is -0.317. The molecule has 2 unspecified atom stereocenters. The fourth-order valence-corrected chi connectivity index (χ4v) is 6.67. The van der Waals surface area contributed by atoms with E-state index in [0.717, 1.165) is 22.5 Å². The summed E-state index contributed by atoms with van der Waals surface area (Å²) in [7, 11) is -0.458. The Morgan fingerprint density at radius 1 is 1.13 bits per heavy atom. The third-order valence-electron chi connectivity index (χ3n) is 6.92. The molecule has 1 aromatic heterocycles. The van der Waals surface area contributed by atoms with Gasteiger partial charge in [-0.3, -0.25) is 0 Å². The molecule has 0 amide bonds. The van der Waals surface area contributed by atoms with Crippen LogP contribution in [0.3, 0.4) is 0 Å². The van der Waals surface area contributed by atoms with Crippen LogP contribution in [0.15, 0.2) is 59.5 Å². The van der Waals surface area contributed by atoms with Gasteiger partial charge in [0.1, 0.15) is 22.3 Å². The van der Waals surface area contributed by atoms with Crippen molar-refractivity contribution in [2.24, 2.45) is 0 Å². The molecule has 2 atom stereocenters. The second-order valence-electron chi connectivity index (χ2n) is 9.11. The monoisotopic (exact) mass is 580 g/mol. The topological polar surface area (TPSA) is 95.0 Å². The lowest BCUT2D eigenvalue weighted by molar-refractivity contribution is -0.165. The number of sulfonamides is 1. The number of anilines is 1. The number of benzene rings is 2. The fourth-order valence-electron chi connectivity index (χ4n) is 4.81. The van der Waals surface area contributed by atoms with E-state index in [9.17, 15) is 17.6 Å².